The Morgan fingerprint density at radius 1 is 1.19 bits per heavy atom. The largest absolute Gasteiger partial charge is 0.356 e. The number of nitrogens with one attached hydrogen (secondary N) is 1. The van der Waals surface area contributed by atoms with E-state index in [0.29, 0.717) is 42.8 Å². The van der Waals surface area contributed by atoms with Crippen molar-refractivity contribution in [2.45, 2.75) is 72.1 Å². The fraction of sp³-hybridized carbons (Fsp3) is 0.667. The van der Waals surface area contributed by atoms with Crippen LogP contribution in [-0.4, -0.2) is 40.7 Å². The van der Waals surface area contributed by atoms with E-state index in [1.54, 1.807) is 0 Å². The van der Waals surface area contributed by atoms with Crippen LogP contribution in [0.25, 0.3) is 11.1 Å². The molecule has 0 bridgehead atoms. The van der Waals surface area contributed by atoms with Crippen molar-refractivity contribution in [3.05, 3.63) is 23.2 Å². The normalized spacial score (nSPS) is 21.9. The molecule has 0 aromatic carbocycles. The molecular weight excluding hydrogens is 390 g/mol. The molecule has 0 saturated carbocycles. The van der Waals surface area contributed by atoms with Gasteiger partial charge in [0.2, 0.25) is 5.91 Å². The quantitative estimate of drug-likeness (QED) is 0.664. The number of anilines is 1. The van der Waals surface area contributed by atoms with Gasteiger partial charge in [-0.2, -0.15) is 4.98 Å². The van der Waals surface area contributed by atoms with Gasteiger partial charge in [-0.1, -0.05) is 30.7 Å². The number of aromatic nitrogens is 3. The number of amides is 1. The van der Waals surface area contributed by atoms with Crippen molar-refractivity contribution >= 4 is 22.8 Å². The molecule has 31 heavy (non-hydrogen) atoms. The van der Waals surface area contributed by atoms with Crippen LogP contribution in [0.2, 0.25) is 0 Å². The number of carbonyl (C=O) groups is 1. The van der Waals surface area contributed by atoms with Gasteiger partial charge in [-0.05, 0) is 57.3 Å². The van der Waals surface area contributed by atoms with Crippen molar-refractivity contribution in [2.24, 2.45) is 11.8 Å². The minimum Gasteiger partial charge on any atom is -0.356 e. The zero-order valence-corrected chi connectivity index (χ0v) is 19.1. The van der Waals surface area contributed by atoms with E-state index >= 15 is 0 Å². The number of carbonyl (C=O) groups excluding carboxylic acids is 1. The zero-order valence-electron chi connectivity index (χ0n) is 19.1. The summed E-state index contributed by atoms with van der Waals surface area (Å²) in [6.45, 7) is 9.16. The second kappa shape index (κ2) is 9.79. The maximum Gasteiger partial charge on any atom is 0.263 e. The van der Waals surface area contributed by atoms with Crippen molar-refractivity contribution < 1.29 is 9.32 Å². The molecule has 1 amide bonds. The molecule has 1 fully saturated rings. The number of nitrogens with zero attached hydrogens (tertiary/aromatic N) is 4. The lowest BCUT2D eigenvalue weighted by Crippen LogP contribution is -2.39. The monoisotopic (exact) mass is 425 g/mol. The first-order valence-corrected chi connectivity index (χ1v) is 11.8. The molecule has 7 nitrogen and oxygen atoms in total. The van der Waals surface area contributed by atoms with E-state index in [4.69, 9.17) is 9.51 Å². The molecule has 0 unspecified atom stereocenters. The van der Waals surface area contributed by atoms with Gasteiger partial charge in [0, 0.05) is 32.5 Å². The van der Waals surface area contributed by atoms with E-state index in [2.05, 4.69) is 40.3 Å². The van der Waals surface area contributed by atoms with E-state index < -0.39 is 0 Å². The van der Waals surface area contributed by atoms with Gasteiger partial charge >= 0.3 is 0 Å². The highest BCUT2D eigenvalue weighted by Gasteiger charge is 2.27. The summed E-state index contributed by atoms with van der Waals surface area (Å²) in [5.74, 6) is 2.83. The lowest BCUT2D eigenvalue weighted by atomic mass is 9.92. The van der Waals surface area contributed by atoms with Crippen LogP contribution in [0.1, 0.15) is 70.3 Å². The van der Waals surface area contributed by atoms with Crippen LogP contribution in [0.4, 0.5) is 5.82 Å². The lowest BCUT2D eigenvalue weighted by molar-refractivity contribution is -0.121. The highest BCUT2D eigenvalue weighted by atomic mass is 16.5. The topological polar surface area (TPSA) is 84.1 Å². The van der Waals surface area contributed by atoms with Crippen LogP contribution in [0.5, 0.6) is 0 Å². The molecule has 1 N–H and O–H groups in total. The SMILES string of the molecule is Cc1noc2nc(CCC(=O)NCCC3=CCCCC3)nc(N3C[C@@H](C)C[C@H](C)C3)c12. The smallest absolute Gasteiger partial charge is 0.263 e. The van der Waals surface area contributed by atoms with E-state index in [-0.39, 0.29) is 5.91 Å². The van der Waals surface area contributed by atoms with Crippen molar-refractivity contribution in [3.8, 4) is 0 Å². The molecule has 1 saturated heterocycles. The summed E-state index contributed by atoms with van der Waals surface area (Å²) in [7, 11) is 0. The van der Waals surface area contributed by atoms with E-state index in [1.807, 2.05) is 6.92 Å². The molecule has 2 aromatic heterocycles. The summed E-state index contributed by atoms with van der Waals surface area (Å²) in [6, 6.07) is 0. The van der Waals surface area contributed by atoms with Crippen molar-refractivity contribution in [2.75, 3.05) is 24.5 Å². The van der Waals surface area contributed by atoms with Crippen molar-refractivity contribution in [1.82, 2.24) is 20.4 Å². The Kier molecular flexibility index (Phi) is 6.88. The number of hydrogen-bond acceptors (Lipinski definition) is 6. The summed E-state index contributed by atoms with van der Waals surface area (Å²) in [5.41, 5.74) is 2.82. The van der Waals surface area contributed by atoms with Crippen molar-refractivity contribution in [1.29, 1.82) is 0 Å². The third-order valence-electron chi connectivity index (χ3n) is 6.43. The van der Waals surface area contributed by atoms with Gasteiger partial charge in [0.05, 0.1) is 5.69 Å². The number of hydrogen-bond donors (Lipinski definition) is 1. The summed E-state index contributed by atoms with van der Waals surface area (Å²) < 4.78 is 5.48. The number of aryl methyl sites for hydroxylation is 2. The van der Waals surface area contributed by atoms with Crippen LogP contribution in [-0.2, 0) is 11.2 Å². The second-order valence-corrected chi connectivity index (χ2v) is 9.47. The van der Waals surface area contributed by atoms with Gasteiger partial charge < -0.3 is 14.7 Å². The predicted molar refractivity (Wildman–Crippen MR) is 122 cm³/mol. The lowest BCUT2D eigenvalue weighted by Gasteiger charge is -2.36. The first-order chi connectivity index (χ1) is 15.0. The van der Waals surface area contributed by atoms with Gasteiger partial charge in [-0.15, -0.1) is 0 Å². The second-order valence-electron chi connectivity index (χ2n) is 9.47. The minimum atomic E-state index is 0.0515. The predicted octanol–water partition coefficient (Wildman–Crippen LogP) is 4.35. The van der Waals surface area contributed by atoms with Gasteiger partial charge in [-0.3, -0.25) is 4.79 Å². The van der Waals surface area contributed by atoms with Crippen LogP contribution in [0.3, 0.4) is 0 Å². The molecule has 0 radical (unpaired) electrons. The fourth-order valence-corrected chi connectivity index (χ4v) is 5.00. The first-order valence-electron chi connectivity index (χ1n) is 11.8. The summed E-state index contributed by atoms with van der Waals surface area (Å²) in [4.78, 5) is 24.1. The number of piperidine rings is 1. The Labute approximate surface area is 184 Å². The summed E-state index contributed by atoms with van der Waals surface area (Å²) >= 11 is 0. The highest BCUT2D eigenvalue weighted by molar-refractivity contribution is 5.88. The Morgan fingerprint density at radius 2 is 2.00 bits per heavy atom. The van der Waals surface area contributed by atoms with Gasteiger partial charge in [0.25, 0.3) is 5.71 Å². The molecule has 1 aliphatic heterocycles. The van der Waals surface area contributed by atoms with Crippen molar-refractivity contribution in [3.63, 3.8) is 0 Å². The molecular formula is C24H35N5O2. The van der Waals surface area contributed by atoms with Crippen LogP contribution < -0.4 is 10.2 Å². The Morgan fingerprint density at radius 3 is 2.74 bits per heavy atom. The van der Waals surface area contributed by atoms with Gasteiger partial charge in [-0.25, -0.2) is 4.98 Å². The molecule has 0 spiro atoms. The maximum atomic E-state index is 12.4. The van der Waals surface area contributed by atoms with Gasteiger partial charge in [0.15, 0.2) is 0 Å². The molecule has 7 heteroatoms. The average Bonchev–Trinajstić information content (AvgIpc) is 3.12. The molecule has 2 atom stereocenters. The first kappa shape index (κ1) is 21.8. The van der Waals surface area contributed by atoms with E-state index in [9.17, 15) is 4.79 Å². The van der Waals surface area contributed by atoms with E-state index in [1.165, 1.54) is 37.7 Å². The molecule has 1 aliphatic carbocycles. The Balaban J connectivity index is 1.41. The molecule has 168 valence electrons. The fourth-order valence-electron chi connectivity index (χ4n) is 5.00. The molecule has 3 heterocycles. The number of fused-ring (bicyclic) bond motifs is 1. The van der Waals surface area contributed by atoms with Gasteiger partial charge in [0.1, 0.15) is 17.0 Å². The molecule has 2 aliphatic rings. The zero-order chi connectivity index (χ0) is 21.8. The molecule has 4 rings (SSSR count). The summed E-state index contributed by atoms with van der Waals surface area (Å²) in [6.07, 6.45) is 10.3. The standard InChI is InChI=1S/C24H35N5O2/c1-16-13-17(2)15-29(14-16)23-22-18(3)28-31-24(22)27-20(26-23)9-10-21(30)25-12-11-19-7-5-4-6-8-19/h7,16-17H,4-6,8-15H2,1-3H3,(H,25,30)/t16-,17-/m0/s1. The Bertz CT molecular complexity index is 941. The van der Waals surface area contributed by atoms with Crippen LogP contribution in [0.15, 0.2) is 16.2 Å². The Hall–Kier alpha value is -2.44. The van der Waals surface area contributed by atoms with E-state index in [0.717, 1.165) is 36.4 Å². The molecule has 2 aromatic rings. The van der Waals surface area contributed by atoms with Crippen LogP contribution >= 0.6 is 0 Å². The highest BCUT2D eigenvalue weighted by Crippen LogP contribution is 2.32. The third kappa shape index (κ3) is 5.43. The third-order valence-corrected chi connectivity index (χ3v) is 6.43. The number of allylic oxidation sites excluding steroid dienone is 1. The van der Waals surface area contributed by atoms with Crippen LogP contribution in [0, 0.1) is 18.8 Å². The minimum absolute atomic E-state index is 0.0515. The summed E-state index contributed by atoms with van der Waals surface area (Å²) in [5, 5.41) is 8.07. The maximum absolute atomic E-state index is 12.4. The number of rotatable bonds is 7. The average molecular weight is 426 g/mol.